The fourth-order valence-electron chi connectivity index (χ4n) is 2.52. The number of hydrogen-bond acceptors (Lipinski definition) is 3. The number of hydrogen-bond donors (Lipinski definition) is 2. The van der Waals surface area contributed by atoms with Crippen LogP contribution < -0.4 is 5.32 Å². The molecule has 1 aromatic rings. The molecular weight excluding hydrogens is 246 g/mol. The summed E-state index contributed by atoms with van der Waals surface area (Å²) in [6, 6.07) is 1.90. The Morgan fingerprint density at radius 1 is 1.56 bits per heavy atom. The molecule has 18 heavy (non-hydrogen) atoms. The molecule has 0 aromatic carbocycles. The van der Waals surface area contributed by atoms with E-state index in [-0.39, 0.29) is 17.9 Å². The molecule has 1 atom stereocenters. The second-order valence-corrected chi connectivity index (χ2v) is 6.52. The smallest absolute Gasteiger partial charge is 0.226 e. The first-order chi connectivity index (χ1) is 8.44. The quantitative estimate of drug-likeness (QED) is 0.881. The summed E-state index contributed by atoms with van der Waals surface area (Å²) < 4.78 is 0. The van der Waals surface area contributed by atoms with Crippen LogP contribution in [0.15, 0.2) is 16.8 Å². The summed E-state index contributed by atoms with van der Waals surface area (Å²) in [6.07, 6.45) is 4.18. The van der Waals surface area contributed by atoms with Crippen molar-refractivity contribution in [3.8, 4) is 0 Å². The molecule has 1 fully saturated rings. The average molecular weight is 267 g/mol. The number of rotatable bonds is 4. The minimum Gasteiger partial charge on any atom is -0.384 e. The highest BCUT2D eigenvalue weighted by atomic mass is 32.1. The maximum Gasteiger partial charge on any atom is 0.226 e. The summed E-state index contributed by atoms with van der Waals surface area (Å²) in [5.74, 6) is 0.0792. The molecule has 0 bridgehead atoms. The number of carbonyl (C=O) groups excluding carboxylic acids is 1. The molecule has 0 radical (unpaired) electrons. The highest BCUT2D eigenvalue weighted by Gasteiger charge is 2.37. The Hall–Kier alpha value is -0.870. The van der Waals surface area contributed by atoms with Gasteiger partial charge >= 0.3 is 0 Å². The van der Waals surface area contributed by atoms with Gasteiger partial charge in [0.15, 0.2) is 0 Å². The molecule has 3 nitrogen and oxygen atoms in total. The van der Waals surface area contributed by atoms with Crippen molar-refractivity contribution in [3.63, 3.8) is 0 Å². The van der Waals surface area contributed by atoms with E-state index in [2.05, 4.69) is 5.32 Å². The molecule has 2 rings (SSSR count). The summed E-state index contributed by atoms with van der Waals surface area (Å²) in [5.41, 5.74) is -0.348. The van der Waals surface area contributed by atoms with Crippen molar-refractivity contribution in [2.24, 2.45) is 5.41 Å². The summed E-state index contributed by atoms with van der Waals surface area (Å²) in [4.78, 5) is 12.2. The zero-order valence-corrected chi connectivity index (χ0v) is 11.8. The molecule has 1 aromatic heterocycles. The van der Waals surface area contributed by atoms with Crippen molar-refractivity contribution < 1.29 is 9.90 Å². The van der Waals surface area contributed by atoms with Crippen LogP contribution in [-0.4, -0.2) is 17.6 Å². The second kappa shape index (κ2) is 5.02. The van der Waals surface area contributed by atoms with Gasteiger partial charge in [-0.15, -0.1) is 0 Å². The monoisotopic (exact) mass is 267 g/mol. The third-order valence-electron chi connectivity index (χ3n) is 3.99. The maximum atomic E-state index is 12.2. The number of carbonyl (C=O) groups is 1. The number of nitrogens with one attached hydrogen (secondary N) is 1. The van der Waals surface area contributed by atoms with Gasteiger partial charge in [0.05, 0.1) is 6.54 Å². The van der Waals surface area contributed by atoms with E-state index in [0.717, 1.165) is 31.2 Å². The minimum absolute atomic E-state index is 0.0792. The van der Waals surface area contributed by atoms with Gasteiger partial charge in [-0.2, -0.15) is 11.3 Å². The number of aliphatic hydroxyl groups is 1. The summed E-state index contributed by atoms with van der Waals surface area (Å²) in [7, 11) is 0. The Morgan fingerprint density at radius 2 is 2.22 bits per heavy atom. The van der Waals surface area contributed by atoms with Gasteiger partial charge in [0.25, 0.3) is 0 Å². The molecular formula is C14H21NO2S. The van der Waals surface area contributed by atoms with Gasteiger partial charge in [0.1, 0.15) is 5.60 Å². The summed E-state index contributed by atoms with van der Waals surface area (Å²) >= 11 is 1.55. The Kier molecular flexibility index (Phi) is 3.78. The third-order valence-corrected chi connectivity index (χ3v) is 4.67. The summed E-state index contributed by atoms with van der Waals surface area (Å²) in [5, 5.41) is 17.1. The zero-order valence-electron chi connectivity index (χ0n) is 11.0. The lowest BCUT2D eigenvalue weighted by Gasteiger charge is -2.27. The van der Waals surface area contributed by atoms with Crippen molar-refractivity contribution in [3.05, 3.63) is 22.4 Å². The fourth-order valence-corrected chi connectivity index (χ4v) is 3.30. The molecule has 100 valence electrons. The minimum atomic E-state index is -0.982. The van der Waals surface area contributed by atoms with E-state index in [1.54, 1.807) is 18.3 Å². The Morgan fingerprint density at radius 3 is 2.78 bits per heavy atom. The Bertz CT molecular complexity index is 405. The average Bonchev–Trinajstić information content (AvgIpc) is 2.97. The molecule has 2 N–H and O–H groups in total. The molecule has 0 spiro atoms. The van der Waals surface area contributed by atoms with Gasteiger partial charge in [0.2, 0.25) is 5.91 Å². The van der Waals surface area contributed by atoms with Crippen molar-refractivity contribution in [1.29, 1.82) is 0 Å². The lowest BCUT2D eigenvalue weighted by Crippen LogP contribution is -2.44. The predicted octanol–water partition coefficient (Wildman–Crippen LogP) is 2.65. The van der Waals surface area contributed by atoms with Gasteiger partial charge in [-0.05, 0) is 42.2 Å². The van der Waals surface area contributed by atoms with E-state index >= 15 is 0 Å². The fraction of sp³-hybridized carbons (Fsp3) is 0.643. The molecule has 1 saturated carbocycles. The van der Waals surface area contributed by atoms with Crippen LogP contribution in [-0.2, 0) is 10.4 Å². The van der Waals surface area contributed by atoms with Gasteiger partial charge in [-0.3, -0.25) is 4.79 Å². The van der Waals surface area contributed by atoms with Gasteiger partial charge in [-0.1, -0.05) is 19.8 Å². The third kappa shape index (κ3) is 2.75. The van der Waals surface area contributed by atoms with Crippen LogP contribution in [0.3, 0.4) is 0 Å². The van der Waals surface area contributed by atoms with Crippen LogP contribution in [0, 0.1) is 5.41 Å². The maximum absolute atomic E-state index is 12.2. The lowest BCUT2D eigenvalue weighted by molar-refractivity contribution is -0.131. The van der Waals surface area contributed by atoms with E-state index < -0.39 is 5.60 Å². The van der Waals surface area contributed by atoms with E-state index in [1.165, 1.54) is 0 Å². The number of thiophene rings is 1. The molecule has 0 aliphatic heterocycles. The first-order valence-corrected chi connectivity index (χ1v) is 7.42. The van der Waals surface area contributed by atoms with E-state index in [0.29, 0.717) is 0 Å². The molecule has 0 unspecified atom stereocenters. The van der Waals surface area contributed by atoms with Crippen LogP contribution in [0.4, 0.5) is 0 Å². The molecule has 4 heteroatoms. The second-order valence-electron chi connectivity index (χ2n) is 5.74. The zero-order chi connectivity index (χ0) is 13.2. The van der Waals surface area contributed by atoms with E-state index in [1.807, 2.05) is 23.8 Å². The van der Waals surface area contributed by atoms with Gasteiger partial charge in [0, 0.05) is 5.41 Å². The van der Waals surface area contributed by atoms with Crippen molar-refractivity contribution >= 4 is 17.2 Å². The molecule has 0 saturated heterocycles. The Balaban J connectivity index is 1.93. The highest BCUT2D eigenvalue weighted by molar-refractivity contribution is 7.08. The highest BCUT2D eigenvalue weighted by Crippen LogP contribution is 2.37. The van der Waals surface area contributed by atoms with Crippen LogP contribution in [0.25, 0.3) is 0 Å². The van der Waals surface area contributed by atoms with Gasteiger partial charge in [-0.25, -0.2) is 0 Å². The van der Waals surface area contributed by atoms with Gasteiger partial charge < -0.3 is 10.4 Å². The standard InChI is InChI=1S/C14H21NO2S/c1-13(6-3-4-7-13)12(16)15-10-14(2,17)11-5-8-18-9-11/h5,8-9,17H,3-4,6-7,10H2,1-2H3,(H,15,16)/t14-/m1/s1. The normalized spacial score (nSPS) is 21.5. The largest absolute Gasteiger partial charge is 0.384 e. The Labute approximate surface area is 112 Å². The molecule has 1 heterocycles. The lowest BCUT2D eigenvalue weighted by atomic mass is 9.87. The number of amides is 1. The summed E-state index contributed by atoms with van der Waals surface area (Å²) in [6.45, 7) is 4.04. The van der Waals surface area contributed by atoms with Crippen LogP contribution in [0.1, 0.15) is 45.1 Å². The van der Waals surface area contributed by atoms with Crippen LogP contribution in [0.2, 0.25) is 0 Å². The molecule has 1 aliphatic carbocycles. The topological polar surface area (TPSA) is 49.3 Å². The molecule has 1 amide bonds. The van der Waals surface area contributed by atoms with E-state index in [4.69, 9.17) is 0 Å². The van der Waals surface area contributed by atoms with Crippen molar-refractivity contribution in [2.45, 2.75) is 45.1 Å². The van der Waals surface area contributed by atoms with Crippen molar-refractivity contribution in [1.82, 2.24) is 5.32 Å². The predicted molar refractivity (Wildman–Crippen MR) is 73.5 cm³/mol. The van der Waals surface area contributed by atoms with E-state index in [9.17, 15) is 9.90 Å². The first kappa shape index (κ1) is 13.6. The van der Waals surface area contributed by atoms with Crippen LogP contribution >= 0.6 is 11.3 Å². The first-order valence-electron chi connectivity index (χ1n) is 6.47. The SMILES string of the molecule is CC1(C(=O)NC[C@@](C)(O)c2ccsc2)CCCC1. The van der Waals surface area contributed by atoms with Crippen LogP contribution in [0.5, 0.6) is 0 Å². The molecule has 1 aliphatic rings. The van der Waals surface area contributed by atoms with Crippen molar-refractivity contribution in [2.75, 3.05) is 6.54 Å².